The highest BCUT2D eigenvalue weighted by molar-refractivity contribution is 9.10. The molecule has 1 aromatic rings. The Morgan fingerprint density at radius 3 is 2.76 bits per heavy atom. The van der Waals surface area contributed by atoms with Crippen LogP contribution in [0.3, 0.4) is 0 Å². The predicted molar refractivity (Wildman–Crippen MR) is 68.1 cm³/mol. The second-order valence-electron chi connectivity index (χ2n) is 3.22. The van der Waals surface area contributed by atoms with Gasteiger partial charge in [-0.15, -0.1) is 0 Å². The predicted octanol–water partition coefficient (Wildman–Crippen LogP) is 1.71. The molecule has 0 aliphatic carbocycles. The van der Waals surface area contributed by atoms with E-state index in [2.05, 4.69) is 20.7 Å². The summed E-state index contributed by atoms with van der Waals surface area (Å²) in [6, 6.07) is 6.59. The molecule has 0 saturated heterocycles. The molecule has 0 aromatic heterocycles. The molecule has 0 heterocycles. The Hall–Kier alpha value is -1.10. The molecular formula is C10H11BrN2O3S. The van der Waals surface area contributed by atoms with Gasteiger partial charge in [-0.25, -0.2) is 8.42 Å². The highest BCUT2D eigenvalue weighted by Gasteiger charge is 2.12. The molecule has 0 saturated carbocycles. The number of halogens is 1. The van der Waals surface area contributed by atoms with Crippen molar-refractivity contribution in [1.82, 2.24) is 0 Å². The molecule has 0 amide bonds. The number of ether oxygens (including phenoxy) is 1. The molecule has 0 aliphatic rings. The molecule has 1 aromatic carbocycles. The molecule has 5 nitrogen and oxygen atoms in total. The molecule has 7 heteroatoms. The number of hydrogen-bond acceptors (Lipinski definition) is 4. The number of nitrogens with one attached hydrogen (secondary N) is 1. The number of benzene rings is 1. The average molecular weight is 319 g/mol. The Labute approximate surface area is 109 Å². The molecule has 0 radical (unpaired) electrons. The third-order valence-electron chi connectivity index (χ3n) is 1.92. The zero-order valence-corrected chi connectivity index (χ0v) is 11.5. The zero-order valence-electron chi connectivity index (χ0n) is 9.10. The normalized spacial score (nSPS) is 10.9. The van der Waals surface area contributed by atoms with Gasteiger partial charge in [-0.2, -0.15) is 5.26 Å². The highest BCUT2D eigenvalue weighted by Crippen LogP contribution is 2.24. The number of rotatable bonds is 5. The minimum Gasteiger partial charge on any atom is -0.384 e. The molecule has 17 heavy (non-hydrogen) atoms. The summed E-state index contributed by atoms with van der Waals surface area (Å²) in [7, 11) is -1.99. The zero-order chi connectivity index (χ0) is 12.9. The summed E-state index contributed by atoms with van der Waals surface area (Å²) in [6.45, 7) is 0.128. The summed E-state index contributed by atoms with van der Waals surface area (Å²) >= 11 is 3.20. The van der Waals surface area contributed by atoms with E-state index >= 15 is 0 Å². The van der Waals surface area contributed by atoms with Crippen molar-refractivity contribution in [1.29, 1.82) is 5.26 Å². The Balaban J connectivity index is 2.86. The van der Waals surface area contributed by atoms with E-state index < -0.39 is 10.0 Å². The Bertz CT molecular complexity index is 537. The third-order valence-corrected chi connectivity index (χ3v) is 3.81. The van der Waals surface area contributed by atoms with Crippen LogP contribution in [0.2, 0.25) is 0 Å². The van der Waals surface area contributed by atoms with Crippen molar-refractivity contribution in [2.24, 2.45) is 0 Å². The molecule has 0 atom stereocenters. The molecule has 1 N–H and O–H groups in total. The molecule has 0 unspecified atom stereocenters. The molecule has 0 aliphatic heterocycles. The summed E-state index contributed by atoms with van der Waals surface area (Å²) in [6.07, 6.45) is 0. The van der Waals surface area contributed by atoms with E-state index in [9.17, 15) is 8.42 Å². The smallest absolute Gasteiger partial charge is 0.235 e. The fraction of sp³-hybridized carbons (Fsp3) is 0.300. The minimum absolute atomic E-state index is 0.115. The van der Waals surface area contributed by atoms with Crippen LogP contribution in [-0.4, -0.2) is 27.9 Å². The van der Waals surface area contributed by atoms with E-state index in [-0.39, 0.29) is 12.4 Å². The minimum atomic E-state index is -3.43. The van der Waals surface area contributed by atoms with Crippen molar-refractivity contribution >= 4 is 31.6 Å². The van der Waals surface area contributed by atoms with Crippen LogP contribution in [0.5, 0.6) is 0 Å². The molecule has 0 fully saturated rings. The highest BCUT2D eigenvalue weighted by atomic mass is 79.9. The van der Waals surface area contributed by atoms with Crippen LogP contribution in [0, 0.1) is 11.3 Å². The Morgan fingerprint density at radius 1 is 1.53 bits per heavy atom. The molecular weight excluding hydrogens is 308 g/mol. The van der Waals surface area contributed by atoms with Crippen molar-refractivity contribution in [2.75, 3.05) is 24.2 Å². The van der Waals surface area contributed by atoms with Gasteiger partial charge in [0.05, 0.1) is 29.7 Å². The first kappa shape index (κ1) is 14.0. The van der Waals surface area contributed by atoms with Gasteiger partial charge in [-0.1, -0.05) is 0 Å². The van der Waals surface area contributed by atoms with Crippen LogP contribution in [0.1, 0.15) is 5.56 Å². The van der Waals surface area contributed by atoms with Crippen molar-refractivity contribution in [3.05, 3.63) is 28.2 Å². The standard InChI is InChI=1S/C10H11BrN2O3S/c1-16-4-5-17(14,15)13-10-3-2-8(7-12)6-9(10)11/h2-3,6,13H,4-5H2,1H3. The first-order valence-electron chi connectivity index (χ1n) is 4.67. The van der Waals surface area contributed by atoms with Gasteiger partial charge < -0.3 is 4.74 Å². The maximum Gasteiger partial charge on any atom is 0.235 e. The van der Waals surface area contributed by atoms with Crippen LogP contribution < -0.4 is 4.72 Å². The van der Waals surface area contributed by atoms with E-state index in [1.807, 2.05) is 6.07 Å². The number of sulfonamides is 1. The van der Waals surface area contributed by atoms with Gasteiger partial charge in [0, 0.05) is 11.6 Å². The van der Waals surface area contributed by atoms with E-state index in [4.69, 9.17) is 10.00 Å². The second-order valence-corrected chi connectivity index (χ2v) is 5.92. The number of hydrogen-bond donors (Lipinski definition) is 1. The molecule has 0 spiro atoms. The molecule has 92 valence electrons. The summed E-state index contributed by atoms with van der Waals surface area (Å²) in [5, 5.41) is 8.68. The Kier molecular flexibility index (Phi) is 4.93. The summed E-state index contributed by atoms with van der Waals surface area (Å²) in [5.74, 6) is -0.115. The van der Waals surface area contributed by atoms with Gasteiger partial charge in [-0.05, 0) is 34.1 Å². The second kappa shape index (κ2) is 6.00. The van der Waals surface area contributed by atoms with Crippen LogP contribution in [0.25, 0.3) is 0 Å². The van der Waals surface area contributed by atoms with Crippen LogP contribution >= 0.6 is 15.9 Å². The topological polar surface area (TPSA) is 79.2 Å². The van der Waals surface area contributed by atoms with Gasteiger partial charge in [0.1, 0.15) is 0 Å². The number of nitrogens with zero attached hydrogens (tertiary/aromatic N) is 1. The summed E-state index contributed by atoms with van der Waals surface area (Å²) in [4.78, 5) is 0. The first-order chi connectivity index (χ1) is 7.98. The largest absolute Gasteiger partial charge is 0.384 e. The van der Waals surface area contributed by atoms with Gasteiger partial charge >= 0.3 is 0 Å². The molecule has 0 bridgehead atoms. The monoisotopic (exact) mass is 318 g/mol. The fourth-order valence-electron chi connectivity index (χ4n) is 1.08. The van der Waals surface area contributed by atoms with Gasteiger partial charge in [0.15, 0.2) is 0 Å². The number of anilines is 1. The fourth-order valence-corrected chi connectivity index (χ4v) is 2.69. The van der Waals surface area contributed by atoms with Crippen molar-refractivity contribution < 1.29 is 13.2 Å². The van der Waals surface area contributed by atoms with Crippen molar-refractivity contribution in [3.8, 4) is 6.07 Å². The van der Waals surface area contributed by atoms with E-state index in [0.29, 0.717) is 15.7 Å². The van der Waals surface area contributed by atoms with E-state index in [1.165, 1.54) is 13.2 Å². The van der Waals surface area contributed by atoms with Crippen molar-refractivity contribution in [3.63, 3.8) is 0 Å². The number of nitriles is 1. The summed E-state index contributed by atoms with van der Waals surface area (Å²) in [5.41, 5.74) is 0.858. The number of methoxy groups -OCH3 is 1. The van der Waals surface area contributed by atoms with Crippen molar-refractivity contribution in [2.45, 2.75) is 0 Å². The van der Waals surface area contributed by atoms with Crippen LogP contribution in [0.15, 0.2) is 22.7 Å². The third kappa shape index (κ3) is 4.34. The summed E-state index contributed by atoms with van der Waals surface area (Å²) < 4.78 is 30.8. The maximum atomic E-state index is 11.6. The van der Waals surface area contributed by atoms with Gasteiger partial charge in [-0.3, -0.25) is 4.72 Å². The average Bonchev–Trinajstić information content (AvgIpc) is 2.29. The van der Waals surface area contributed by atoms with Gasteiger partial charge in [0.25, 0.3) is 0 Å². The maximum absolute atomic E-state index is 11.6. The first-order valence-corrected chi connectivity index (χ1v) is 7.12. The quantitative estimate of drug-likeness (QED) is 0.896. The lowest BCUT2D eigenvalue weighted by Gasteiger charge is -2.09. The van der Waals surface area contributed by atoms with Gasteiger partial charge in [0.2, 0.25) is 10.0 Å². The van der Waals surface area contributed by atoms with E-state index in [1.54, 1.807) is 12.1 Å². The lowest BCUT2D eigenvalue weighted by Crippen LogP contribution is -2.19. The van der Waals surface area contributed by atoms with E-state index in [0.717, 1.165) is 0 Å². The molecule has 1 rings (SSSR count). The van der Waals surface area contributed by atoms with Crippen LogP contribution in [-0.2, 0) is 14.8 Å². The lowest BCUT2D eigenvalue weighted by atomic mass is 10.2. The van der Waals surface area contributed by atoms with Crippen LogP contribution in [0.4, 0.5) is 5.69 Å². The Morgan fingerprint density at radius 2 is 2.24 bits per heavy atom. The SMILES string of the molecule is COCCS(=O)(=O)Nc1ccc(C#N)cc1Br. The lowest BCUT2D eigenvalue weighted by molar-refractivity contribution is 0.217.